The van der Waals surface area contributed by atoms with Crippen LogP contribution in [-0.2, 0) is 16.0 Å². The van der Waals surface area contributed by atoms with E-state index in [0.717, 1.165) is 12.0 Å². The standard InChI is InChI=1S/C13H16O2/c1-3-15-13(14)10-11(2)9-12-7-5-4-6-8-12/h4-8,10H,3,9H2,1-2H3/b11-10+. The first-order valence-electron chi connectivity index (χ1n) is 5.10. The van der Waals surface area contributed by atoms with Crippen molar-refractivity contribution < 1.29 is 9.53 Å². The number of carbonyl (C=O) groups excluding carboxylic acids is 1. The Labute approximate surface area is 90.6 Å². The van der Waals surface area contributed by atoms with Gasteiger partial charge >= 0.3 is 5.97 Å². The van der Waals surface area contributed by atoms with Crippen LogP contribution in [0.1, 0.15) is 19.4 Å². The zero-order valence-corrected chi connectivity index (χ0v) is 9.19. The number of hydrogen-bond donors (Lipinski definition) is 0. The molecule has 0 fully saturated rings. The van der Waals surface area contributed by atoms with E-state index in [9.17, 15) is 4.79 Å². The normalized spacial score (nSPS) is 11.2. The van der Waals surface area contributed by atoms with Crippen molar-refractivity contribution >= 4 is 5.97 Å². The minimum Gasteiger partial charge on any atom is -0.463 e. The summed E-state index contributed by atoms with van der Waals surface area (Å²) in [5.41, 5.74) is 2.22. The first-order chi connectivity index (χ1) is 7.22. The van der Waals surface area contributed by atoms with Crippen molar-refractivity contribution in [3.05, 3.63) is 47.5 Å². The van der Waals surface area contributed by atoms with Crippen LogP contribution in [0.5, 0.6) is 0 Å². The second-order valence-corrected chi connectivity index (χ2v) is 3.41. The van der Waals surface area contributed by atoms with E-state index in [1.807, 2.05) is 37.3 Å². The Hall–Kier alpha value is -1.57. The van der Waals surface area contributed by atoms with Crippen molar-refractivity contribution in [2.24, 2.45) is 0 Å². The summed E-state index contributed by atoms with van der Waals surface area (Å²) < 4.78 is 4.83. The van der Waals surface area contributed by atoms with Crippen LogP contribution in [0.15, 0.2) is 42.0 Å². The third-order valence-corrected chi connectivity index (χ3v) is 1.98. The van der Waals surface area contributed by atoms with Crippen molar-refractivity contribution in [2.75, 3.05) is 6.61 Å². The summed E-state index contributed by atoms with van der Waals surface area (Å²) in [6.07, 6.45) is 2.34. The smallest absolute Gasteiger partial charge is 0.330 e. The fourth-order valence-corrected chi connectivity index (χ4v) is 1.35. The van der Waals surface area contributed by atoms with Crippen molar-refractivity contribution in [3.8, 4) is 0 Å². The largest absolute Gasteiger partial charge is 0.463 e. The summed E-state index contributed by atoms with van der Waals surface area (Å²) in [7, 11) is 0. The average Bonchev–Trinajstić information content (AvgIpc) is 2.19. The minimum absolute atomic E-state index is 0.258. The third-order valence-electron chi connectivity index (χ3n) is 1.98. The zero-order chi connectivity index (χ0) is 11.1. The van der Waals surface area contributed by atoms with Gasteiger partial charge in [0.25, 0.3) is 0 Å². The molecule has 0 spiro atoms. The van der Waals surface area contributed by atoms with Gasteiger partial charge in [-0.3, -0.25) is 0 Å². The quantitative estimate of drug-likeness (QED) is 0.557. The predicted octanol–water partition coefficient (Wildman–Crippen LogP) is 2.74. The van der Waals surface area contributed by atoms with Gasteiger partial charge in [-0.05, 0) is 25.8 Å². The fraction of sp³-hybridized carbons (Fsp3) is 0.308. The number of ether oxygens (including phenoxy) is 1. The van der Waals surface area contributed by atoms with Crippen LogP contribution in [0.4, 0.5) is 0 Å². The van der Waals surface area contributed by atoms with E-state index in [0.29, 0.717) is 6.61 Å². The molecular weight excluding hydrogens is 188 g/mol. The molecule has 15 heavy (non-hydrogen) atoms. The molecule has 2 nitrogen and oxygen atoms in total. The van der Waals surface area contributed by atoms with Gasteiger partial charge in [0.1, 0.15) is 0 Å². The second kappa shape index (κ2) is 6.02. The van der Waals surface area contributed by atoms with E-state index < -0.39 is 0 Å². The molecule has 0 amide bonds. The SMILES string of the molecule is CCOC(=O)/C=C(\C)Cc1ccccc1. The first kappa shape index (κ1) is 11.5. The summed E-state index contributed by atoms with van der Waals surface area (Å²) in [5, 5.41) is 0. The molecule has 0 aliphatic rings. The summed E-state index contributed by atoms with van der Waals surface area (Å²) in [6, 6.07) is 10.1. The number of benzene rings is 1. The maximum atomic E-state index is 11.1. The Morgan fingerprint density at radius 1 is 1.33 bits per heavy atom. The van der Waals surface area contributed by atoms with Gasteiger partial charge in [-0.2, -0.15) is 0 Å². The lowest BCUT2D eigenvalue weighted by Gasteiger charge is -2.01. The Bertz CT molecular complexity index is 339. The number of allylic oxidation sites excluding steroid dienone is 1. The molecule has 0 saturated heterocycles. The highest BCUT2D eigenvalue weighted by atomic mass is 16.5. The lowest BCUT2D eigenvalue weighted by atomic mass is 10.1. The van der Waals surface area contributed by atoms with E-state index in [-0.39, 0.29) is 5.97 Å². The monoisotopic (exact) mass is 204 g/mol. The van der Waals surface area contributed by atoms with Crippen molar-refractivity contribution in [3.63, 3.8) is 0 Å². The molecule has 0 bridgehead atoms. The first-order valence-corrected chi connectivity index (χ1v) is 5.10. The predicted molar refractivity (Wildman–Crippen MR) is 60.5 cm³/mol. The molecule has 1 aromatic rings. The van der Waals surface area contributed by atoms with Crippen LogP contribution in [0, 0.1) is 0 Å². The van der Waals surface area contributed by atoms with Crippen LogP contribution in [0.3, 0.4) is 0 Å². The number of rotatable bonds is 4. The molecule has 80 valence electrons. The highest BCUT2D eigenvalue weighted by Crippen LogP contribution is 2.07. The molecule has 0 unspecified atom stereocenters. The van der Waals surface area contributed by atoms with E-state index in [1.54, 1.807) is 13.0 Å². The van der Waals surface area contributed by atoms with Crippen LogP contribution in [-0.4, -0.2) is 12.6 Å². The van der Waals surface area contributed by atoms with Crippen molar-refractivity contribution in [1.29, 1.82) is 0 Å². The summed E-state index contributed by atoms with van der Waals surface area (Å²) in [4.78, 5) is 11.1. The molecule has 1 aromatic carbocycles. The van der Waals surface area contributed by atoms with Gasteiger partial charge in [-0.1, -0.05) is 35.9 Å². The van der Waals surface area contributed by atoms with E-state index in [1.165, 1.54) is 5.56 Å². The van der Waals surface area contributed by atoms with E-state index in [2.05, 4.69) is 0 Å². The molecule has 0 aliphatic carbocycles. The maximum Gasteiger partial charge on any atom is 0.330 e. The lowest BCUT2D eigenvalue weighted by molar-refractivity contribution is -0.137. The fourth-order valence-electron chi connectivity index (χ4n) is 1.35. The van der Waals surface area contributed by atoms with Crippen molar-refractivity contribution in [2.45, 2.75) is 20.3 Å². The zero-order valence-electron chi connectivity index (χ0n) is 9.19. The number of esters is 1. The van der Waals surface area contributed by atoms with Crippen molar-refractivity contribution in [1.82, 2.24) is 0 Å². The highest BCUT2D eigenvalue weighted by Gasteiger charge is 1.99. The molecule has 0 radical (unpaired) electrons. The topological polar surface area (TPSA) is 26.3 Å². The Balaban J connectivity index is 2.55. The van der Waals surface area contributed by atoms with Gasteiger partial charge in [0.15, 0.2) is 0 Å². The van der Waals surface area contributed by atoms with E-state index >= 15 is 0 Å². The van der Waals surface area contributed by atoms with Gasteiger partial charge in [0.05, 0.1) is 6.61 Å². The summed E-state index contributed by atoms with van der Waals surface area (Å²) in [6.45, 7) is 4.16. The molecule has 0 N–H and O–H groups in total. The van der Waals surface area contributed by atoms with Gasteiger partial charge in [0, 0.05) is 6.08 Å². The molecule has 0 saturated carbocycles. The third kappa shape index (κ3) is 4.45. The highest BCUT2D eigenvalue weighted by molar-refractivity contribution is 5.82. The summed E-state index contributed by atoms with van der Waals surface area (Å²) >= 11 is 0. The molecule has 0 heterocycles. The Morgan fingerprint density at radius 3 is 2.60 bits per heavy atom. The van der Waals surface area contributed by atoms with Gasteiger partial charge in [-0.15, -0.1) is 0 Å². The summed E-state index contributed by atoms with van der Waals surface area (Å²) in [5.74, 6) is -0.258. The Morgan fingerprint density at radius 2 is 2.00 bits per heavy atom. The van der Waals surface area contributed by atoms with Gasteiger partial charge in [0.2, 0.25) is 0 Å². The lowest BCUT2D eigenvalue weighted by Crippen LogP contribution is -2.01. The van der Waals surface area contributed by atoms with Crippen LogP contribution >= 0.6 is 0 Å². The molecule has 2 heteroatoms. The Kier molecular flexibility index (Phi) is 4.61. The molecule has 0 aromatic heterocycles. The second-order valence-electron chi connectivity index (χ2n) is 3.41. The van der Waals surface area contributed by atoms with Gasteiger partial charge < -0.3 is 4.74 Å². The minimum atomic E-state index is -0.258. The van der Waals surface area contributed by atoms with E-state index in [4.69, 9.17) is 4.74 Å². The molecule has 0 atom stereocenters. The molecule has 1 rings (SSSR count). The number of hydrogen-bond acceptors (Lipinski definition) is 2. The molecule has 0 aliphatic heterocycles. The molecular formula is C13H16O2. The van der Waals surface area contributed by atoms with Gasteiger partial charge in [-0.25, -0.2) is 4.79 Å². The van der Waals surface area contributed by atoms with Crippen LogP contribution < -0.4 is 0 Å². The van der Waals surface area contributed by atoms with Crippen LogP contribution in [0.2, 0.25) is 0 Å². The maximum absolute atomic E-state index is 11.1. The van der Waals surface area contributed by atoms with Crippen LogP contribution in [0.25, 0.3) is 0 Å². The number of carbonyl (C=O) groups is 1. The average molecular weight is 204 g/mol.